The molecule has 0 unspecified atom stereocenters. The van der Waals surface area contributed by atoms with Gasteiger partial charge in [0.05, 0.1) is 10.9 Å². The molecule has 0 bridgehead atoms. The number of aromatic nitrogens is 2. The zero-order valence-electron chi connectivity index (χ0n) is 19.5. The summed E-state index contributed by atoms with van der Waals surface area (Å²) in [5.74, 6) is -0.00820. The Morgan fingerprint density at radius 3 is 2.65 bits per heavy atom. The van der Waals surface area contributed by atoms with Gasteiger partial charge >= 0.3 is 0 Å². The maximum atomic E-state index is 13.3. The minimum atomic E-state index is -0.795. The molecule has 9 nitrogen and oxygen atoms in total. The van der Waals surface area contributed by atoms with E-state index in [0.29, 0.717) is 41.9 Å². The van der Waals surface area contributed by atoms with Crippen LogP contribution in [0.2, 0.25) is 0 Å². The highest BCUT2D eigenvalue weighted by atomic mass is 16.7. The number of fused-ring (bicyclic) bond motifs is 2. The molecule has 3 heterocycles. The van der Waals surface area contributed by atoms with Crippen LogP contribution in [0.5, 0.6) is 11.5 Å². The van der Waals surface area contributed by atoms with E-state index in [1.807, 2.05) is 31.4 Å². The Hall–Kier alpha value is -3.88. The molecule has 0 saturated carbocycles. The molecule has 1 aromatic carbocycles. The Morgan fingerprint density at radius 1 is 1.21 bits per heavy atom. The fourth-order valence-electron chi connectivity index (χ4n) is 3.93. The highest BCUT2D eigenvalue weighted by molar-refractivity contribution is 6.00. The molecule has 0 saturated heterocycles. The molecular formula is C25H28N4O5. The van der Waals surface area contributed by atoms with Crippen LogP contribution in [0.3, 0.4) is 0 Å². The number of hydrogen-bond acceptors (Lipinski definition) is 6. The topological polar surface area (TPSA) is 112 Å². The van der Waals surface area contributed by atoms with Gasteiger partial charge in [0.1, 0.15) is 11.6 Å². The van der Waals surface area contributed by atoms with Crippen molar-refractivity contribution >= 4 is 22.7 Å². The summed E-state index contributed by atoms with van der Waals surface area (Å²) in [6.45, 7) is 6.67. The molecular weight excluding hydrogens is 436 g/mol. The quantitative estimate of drug-likeness (QED) is 0.530. The maximum Gasteiger partial charge on any atom is 0.257 e. The molecule has 2 N–H and O–H groups in total. The second-order valence-electron chi connectivity index (χ2n) is 8.30. The predicted octanol–water partition coefficient (Wildman–Crippen LogP) is 2.61. The number of rotatable bonds is 8. The van der Waals surface area contributed by atoms with Crippen molar-refractivity contribution in [2.45, 2.75) is 46.3 Å². The lowest BCUT2D eigenvalue weighted by Crippen LogP contribution is -2.50. The van der Waals surface area contributed by atoms with Gasteiger partial charge in [-0.1, -0.05) is 26.3 Å². The highest BCUT2D eigenvalue weighted by Gasteiger charge is 2.28. The molecule has 0 fully saturated rings. The molecule has 178 valence electrons. The van der Waals surface area contributed by atoms with E-state index in [1.54, 1.807) is 30.6 Å². The van der Waals surface area contributed by atoms with Crippen LogP contribution in [0.25, 0.3) is 10.9 Å². The fraction of sp³-hybridized carbons (Fsp3) is 0.360. The molecule has 4 rings (SSSR count). The van der Waals surface area contributed by atoms with Crippen LogP contribution >= 0.6 is 0 Å². The van der Waals surface area contributed by atoms with Crippen LogP contribution in [0.1, 0.15) is 43.1 Å². The first-order valence-corrected chi connectivity index (χ1v) is 11.4. The van der Waals surface area contributed by atoms with Crippen LogP contribution < -0.4 is 25.5 Å². The largest absolute Gasteiger partial charge is 0.454 e. The first kappa shape index (κ1) is 23.3. The van der Waals surface area contributed by atoms with Gasteiger partial charge in [-0.25, -0.2) is 0 Å². The van der Waals surface area contributed by atoms with Crippen molar-refractivity contribution in [1.29, 1.82) is 0 Å². The average Bonchev–Trinajstić information content (AvgIpc) is 3.33. The summed E-state index contributed by atoms with van der Waals surface area (Å²) in [5.41, 5.74) is 1.06. The standard InChI is InChI=1S/C25H28N4O5/c1-4-15(3)22(25(32)27-12-16-7-6-8-26-11-16)28-24(31)18-13-29(5-2)19-10-21-20(33-14-34-21)9-17(19)23(18)30/h6-11,13,15,22H,4-5,12,14H2,1-3H3,(H,27,32)(H,28,31)/t15-,22-/m0/s1. The molecule has 0 aliphatic carbocycles. The van der Waals surface area contributed by atoms with Gasteiger partial charge in [-0.15, -0.1) is 0 Å². The van der Waals surface area contributed by atoms with Gasteiger partial charge in [-0.2, -0.15) is 0 Å². The molecule has 0 radical (unpaired) electrons. The Balaban J connectivity index is 1.61. The van der Waals surface area contributed by atoms with E-state index in [0.717, 1.165) is 5.56 Å². The molecule has 0 spiro atoms. The summed E-state index contributed by atoms with van der Waals surface area (Å²) in [4.78, 5) is 43.5. The summed E-state index contributed by atoms with van der Waals surface area (Å²) < 4.78 is 12.7. The van der Waals surface area contributed by atoms with Crippen LogP contribution in [0.15, 0.2) is 47.7 Å². The second-order valence-corrected chi connectivity index (χ2v) is 8.30. The highest BCUT2D eigenvalue weighted by Crippen LogP contribution is 2.35. The molecule has 2 amide bonds. The van der Waals surface area contributed by atoms with Crippen LogP contribution in [0.4, 0.5) is 0 Å². The first-order chi connectivity index (χ1) is 16.4. The molecule has 9 heteroatoms. The Labute approximate surface area is 197 Å². The van der Waals surface area contributed by atoms with Crippen molar-refractivity contribution in [2.75, 3.05) is 6.79 Å². The SMILES string of the molecule is CC[C@H](C)[C@H](NC(=O)c1cn(CC)c2cc3c(cc2c1=O)OCO3)C(=O)NCc1cccnc1. The van der Waals surface area contributed by atoms with E-state index < -0.39 is 17.4 Å². The molecule has 1 aliphatic heterocycles. The molecule has 2 aromatic heterocycles. The summed E-state index contributed by atoms with van der Waals surface area (Å²) in [7, 11) is 0. The molecule has 34 heavy (non-hydrogen) atoms. The van der Waals surface area contributed by atoms with Crippen molar-refractivity contribution in [1.82, 2.24) is 20.2 Å². The molecule has 3 aromatic rings. The number of benzene rings is 1. The second kappa shape index (κ2) is 9.94. The molecule has 1 aliphatic rings. The lowest BCUT2D eigenvalue weighted by atomic mass is 9.97. The smallest absolute Gasteiger partial charge is 0.257 e. The van der Waals surface area contributed by atoms with Crippen molar-refractivity contribution in [3.63, 3.8) is 0 Å². The van der Waals surface area contributed by atoms with Gasteiger partial charge < -0.3 is 24.7 Å². The van der Waals surface area contributed by atoms with E-state index in [1.165, 1.54) is 6.20 Å². The Kier molecular flexibility index (Phi) is 6.81. The minimum absolute atomic E-state index is 0.0263. The number of nitrogens with zero attached hydrogens (tertiary/aromatic N) is 2. The zero-order valence-corrected chi connectivity index (χ0v) is 19.5. The van der Waals surface area contributed by atoms with Gasteiger partial charge in [-0.05, 0) is 30.5 Å². The predicted molar refractivity (Wildman–Crippen MR) is 127 cm³/mol. The summed E-state index contributed by atoms with van der Waals surface area (Å²) >= 11 is 0. The van der Waals surface area contributed by atoms with Crippen molar-refractivity contribution in [2.24, 2.45) is 5.92 Å². The van der Waals surface area contributed by atoms with E-state index in [9.17, 15) is 14.4 Å². The van der Waals surface area contributed by atoms with Gasteiger partial charge in [0.15, 0.2) is 11.5 Å². The third-order valence-corrected chi connectivity index (χ3v) is 6.13. The maximum absolute atomic E-state index is 13.3. The number of carbonyl (C=O) groups is 2. The number of hydrogen-bond donors (Lipinski definition) is 2. The summed E-state index contributed by atoms with van der Waals surface area (Å²) in [6.07, 6.45) is 5.54. The summed E-state index contributed by atoms with van der Waals surface area (Å²) in [6, 6.07) is 6.21. The molecule has 2 atom stereocenters. The van der Waals surface area contributed by atoms with Crippen molar-refractivity contribution in [3.8, 4) is 11.5 Å². The average molecular weight is 465 g/mol. The lowest BCUT2D eigenvalue weighted by molar-refractivity contribution is -0.124. The number of ether oxygens (including phenoxy) is 2. The third kappa shape index (κ3) is 4.59. The number of carbonyl (C=O) groups excluding carboxylic acids is 2. The number of pyridine rings is 2. The fourth-order valence-corrected chi connectivity index (χ4v) is 3.93. The van der Waals surface area contributed by atoms with E-state index in [4.69, 9.17) is 9.47 Å². The minimum Gasteiger partial charge on any atom is -0.454 e. The first-order valence-electron chi connectivity index (χ1n) is 11.4. The van der Waals surface area contributed by atoms with Crippen molar-refractivity contribution in [3.05, 3.63) is 64.2 Å². The van der Waals surface area contributed by atoms with E-state index in [-0.39, 0.29) is 24.2 Å². The zero-order chi connectivity index (χ0) is 24.2. The number of nitrogens with one attached hydrogen (secondary N) is 2. The Morgan fingerprint density at radius 2 is 1.97 bits per heavy atom. The van der Waals surface area contributed by atoms with Gasteiger partial charge in [0, 0.05) is 37.7 Å². The Bertz CT molecular complexity index is 1270. The van der Waals surface area contributed by atoms with E-state index in [2.05, 4.69) is 15.6 Å². The van der Waals surface area contributed by atoms with Crippen LogP contribution in [-0.2, 0) is 17.9 Å². The van der Waals surface area contributed by atoms with Gasteiger partial charge in [0.25, 0.3) is 5.91 Å². The normalized spacial score (nSPS) is 14.0. The monoisotopic (exact) mass is 464 g/mol. The van der Waals surface area contributed by atoms with Crippen molar-refractivity contribution < 1.29 is 19.1 Å². The van der Waals surface area contributed by atoms with Crippen LogP contribution in [-0.4, -0.2) is 34.2 Å². The van der Waals surface area contributed by atoms with Crippen LogP contribution in [0, 0.1) is 5.92 Å². The lowest BCUT2D eigenvalue weighted by Gasteiger charge is -2.24. The third-order valence-electron chi connectivity index (χ3n) is 6.13. The number of amides is 2. The van der Waals surface area contributed by atoms with Gasteiger partial charge in [0.2, 0.25) is 18.1 Å². The number of aryl methyl sites for hydroxylation is 1. The van der Waals surface area contributed by atoms with Gasteiger partial charge in [-0.3, -0.25) is 19.4 Å². The summed E-state index contributed by atoms with van der Waals surface area (Å²) in [5, 5.41) is 6.01. The van der Waals surface area contributed by atoms with E-state index >= 15 is 0 Å².